The number of aliphatic carboxylic acids is 1. The minimum Gasteiger partial charge on any atom is -0.480 e. The van der Waals surface area contributed by atoms with Gasteiger partial charge in [-0.15, -0.1) is 0 Å². The Hall–Kier alpha value is -0.650. The zero-order valence-electron chi connectivity index (χ0n) is 8.28. The number of hydrogen-bond donors (Lipinski definition) is 2. The van der Waals surface area contributed by atoms with E-state index in [1.165, 1.54) is 0 Å². The fourth-order valence-electron chi connectivity index (χ4n) is 0.911. The lowest BCUT2D eigenvalue weighted by Crippen LogP contribution is -2.07. The number of carboxylic acids is 1. The molecule has 0 amide bonds. The molecule has 2 N–H and O–H groups in total. The summed E-state index contributed by atoms with van der Waals surface area (Å²) >= 11 is 0. The van der Waals surface area contributed by atoms with Crippen LogP contribution in [0.25, 0.3) is 0 Å². The molecule has 0 aromatic carbocycles. The zero-order chi connectivity index (χ0) is 10.6. The third-order valence-electron chi connectivity index (χ3n) is 1.54. The summed E-state index contributed by atoms with van der Waals surface area (Å²) in [4.78, 5) is 10.0. The molecule has 0 saturated heterocycles. The zero-order valence-corrected chi connectivity index (χ0v) is 8.28. The van der Waals surface area contributed by atoms with Crippen LogP contribution in [0.5, 0.6) is 0 Å². The summed E-state index contributed by atoms with van der Waals surface area (Å²) in [5.74, 6) is -0.934. The van der Waals surface area contributed by atoms with E-state index in [1.807, 2.05) is 0 Å². The summed E-state index contributed by atoms with van der Waals surface area (Å²) in [6.45, 7) is 1.34. The molecule has 0 radical (unpaired) electrons. The second kappa shape index (κ2) is 10.4. The molecular weight excluding hydrogens is 188 g/mol. The third kappa shape index (κ3) is 11.4. The molecule has 0 aliphatic heterocycles. The summed E-state index contributed by atoms with van der Waals surface area (Å²) in [7, 11) is 0. The standard InChI is InChI=1S/C9H18O5/c10-4-7-13-5-2-1-3-6-14-8-9(11)12/h10H,1-8H2,(H,11,12). The van der Waals surface area contributed by atoms with Crippen LogP contribution in [0.3, 0.4) is 0 Å². The smallest absolute Gasteiger partial charge is 0.329 e. The lowest BCUT2D eigenvalue weighted by molar-refractivity contribution is -0.142. The van der Waals surface area contributed by atoms with Gasteiger partial charge in [0.05, 0.1) is 13.2 Å². The topological polar surface area (TPSA) is 76.0 Å². The van der Waals surface area contributed by atoms with Gasteiger partial charge in [-0.1, -0.05) is 0 Å². The average Bonchev–Trinajstić information content (AvgIpc) is 2.15. The number of aliphatic hydroxyl groups excluding tert-OH is 1. The van der Waals surface area contributed by atoms with Crippen molar-refractivity contribution < 1.29 is 24.5 Å². The van der Waals surface area contributed by atoms with Crippen LogP contribution in [0.1, 0.15) is 19.3 Å². The van der Waals surface area contributed by atoms with E-state index in [0.717, 1.165) is 19.3 Å². The molecule has 0 saturated carbocycles. The molecule has 14 heavy (non-hydrogen) atoms. The van der Waals surface area contributed by atoms with Crippen molar-refractivity contribution in [2.45, 2.75) is 19.3 Å². The molecule has 0 heterocycles. The Morgan fingerprint density at radius 3 is 2.21 bits per heavy atom. The fourth-order valence-corrected chi connectivity index (χ4v) is 0.911. The highest BCUT2D eigenvalue weighted by Crippen LogP contribution is 1.96. The molecule has 0 rings (SSSR count). The number of carboxylic acid groups (broad SMARTS) is 1. The summed E-state index contributed by atoms with van der Waals surface area (Å²) < 4.78 is 9.89. The van der Waals surface area contributed by atoms with E-state index in [-0.39, 0.29) is 13.2 Å². The van der Waals surface area contributed by atoms with Crippen LogP contribution in [0.4, 0.5) is 0 Å². The largest absolute Gasteiger partial charge is 0.480 e. The summed E-state index contributed by atoms with van der Waals surface area (Å²) in [5.41, 5.74) is 0. The second-order valence-corrected chi connectivity index (χ2v) is 2.84. The molecule has 0 atom stereocenters. The normalized spacial score (nSPS) is 10.4. The summed E-state index contributed by atoms with van der Waals surface area (Å²) in [5, 5.41) is 16.6. The minimum atomic E-state index is -0.934. The molecule has 5 nitrogen and oxygen atoms in total. The van der Waals surface area contributed by atoms with Gasteiger partial charge in [0.25, 0.3) is 0 Å². The second-order valence-electron chi connectivity index (χ2n) is 2.84. The van der Waals surface area contributed by atoms with Crippen LogP contribution >= 0.6 is 0 Å². The van der Waals surface area contributed by atoms with E-state index in [2.05, 4.69) is 0 Å². The van der Waals surface area contributed by atoms with Crippen LogP contribution in [-0.2, 0) is 14.3 Å². The van der Waals surface area contributed by atoms with Gasteiger partial charge < -0.3 is 19.7 Å². The van der Waals surface area contributed by atoms with Crippen molar-refractivity contribution in [2.24, 2.45) is 0 Å². The average molecular weight is 206 g/mol. The summed E-state index contributed by atoms with van der Waals surface area (Å²) in [6.07, 6.45) is 2.71. The van der Waals surface area contributed by atoms with Crippen LogP contribution in [-0.4, -0.2) is 49.2 Å². The SMILES string of the molecule is O=C(O)COCCCCCOCCO. The molecule has 0 unspecified atom stereocenters. The first kappa shape index (κ1) is 13.4. The fraction of sp³-hybridized carbons (Fsp3) is 0.889. The van der Waals surface area contributed by atoms with Crippen molar-refractivity contribution in [1.82, 2.24) is 0 Å². The summed E-state index contributed by atoms with van der Waals surface area (Å²) in [6, 6.07) is 0. The van der Waals surface area contributed by atoms with E-state index in [4.69, 9.17) is 19.7 Å². The maximum atomic E-state index is 10.0. The van der Waals surface area contributed by atoms with E-state index in [9.17, 15) is 4.79 Å². The Morgan fingerprint density at radius 2 is 1.64 bits per heavy atom. The van der Waals surface area contributed by atoms with E-state index in [1.54, 1.807) is 0 Å². The van der Waals surface area contributed by atoms with Crippen LogP contribution in [0, 0.1) is 0 Å². The van der Waals surface area contributed by atoms with Crippen molar-refractivity contribution in [1.29, 1.82) is 0 Å². The van der Waals surface area contributed by atoms with Gasteiger partial charge in [0, 0.05) is 13.2 Å². The Bertz CT molecular complexity index is 137. The third-order valence-corrected chi connectivity index (χ3v) is 1.54. The van der Waals surface area contributed by atoms with Gasteiger partial charge in [-0.3, -0.25) is 0 Å². The minimum absolute atomic E-state index is 0.0573. The van der Waals surface area contributed by atoms with Gasteiger partial charge in [-0.25, -0.2) is 4.79 Å². The van der Waals surface area contributed by atoms with Crippen molar-refractivity contribution in [3.63, 3.8) is 0 Å². The number of unbranched alkanes of at least 4 members (excludes halogenated alkanes) is 2. The molecule has 0 spiro atoms. The molecule has 0 fully saturated rings. The predicted octanol–water partition coefficient (Wildman–Crippen LogP) is 0.267. The van der Waals surface area contributed by atoms with Gasteiger partial charge in [0.1, 0.15) is 6.61 Å². The molecule has 84 valence electrons. The maximum absolute atomic E-state index is 10.0. The molecule has 5 heteroatoms. The molecule has 0 aromatic heterocycles. The number of ether oxygens (including phenoxy) is 2. The van der Waals surface area contributed by atoms with Gasteiger partial charge in [-0.05, 0) is 19.3 Å². The monoisotopic (exact) mass is 206 g/mol. The highest BCUT2D eigenvalue weighted by Gasteiger charge is 1.95. The van der Waals surface area contributed by atoms with Crippen LogP contribution in [0.2, 0.25) is 0 Å². The number of rotatable bonds is 10. The van der Waals surface area contributed by atoms with Gasteiger partial charge in [0.15, 0.2) is 0 Å². The van der Waals surface area contributed by atoms with Crippen LogP contribution in [0.15, 0.2) is 0 Å². The maximum Gasteiger partial charge on any atom is 0.329 e. The quantitative estimate of drug-likeness (QED) is 0.502. The van der Waals surface area contributed by atoms with Crippen molar-refractivity contribution in [3.8, 4) is 0 Å². The Labute approximate surface area is 83.6 Å². The Kier molecular flexibility index (Phi) is 9.95. The lowest BCUT2D eigenvalue weighted by Gasteiger charge is -2.02. The molecular formula is C9H18O5. The molecule has 0 aliphatic carbocycles. The highest BCUT2D eigenvalue weighted by atomic mass is 16.5. The molecule has 0 aliphatic rings. The lowest BCUT2D eigenvalue weighted by atomic mass is 10.2. The number of aliphatic hydroxyl groups is 1. The first-order valence-electron chi connectivity index (χ1n) is 4.75. The van der Waals surface area contributed by atoms with Gasteiger partial charge in [0.2, 0.25) is 0 Å². The van der Waals surface area contributed by atoms with Gasteiger partial charge in [-0.2, -0.15) is 0 Å². The Morgan fingerprint density at radius 1 is 1.00 bits per heavy atom. The number of carbonyl (C=O) groups is 1. The highest BCUT2D eigenvalue weighted by molar-refractivity contribution is 5.67. The predicted molar refractivity (Wildman–Crippen MR) is 50.2 cm³/mol. The van der Waals surface area contributed by atoms with E-state index < -0.39 is 5.97 Å². The first-order valence-corrected chi connectivity index (χ1v) is 4.75. The van der Waals surface area contributed by atoms with Gasteiger partial charge >= 0.3 is 5.97 Å². The molecule has 0 aromatic rings. The van der Waals surface area contributed by atoms with E-state index >= 15 is 0 Å². The van der Waals surface area contributed by atoms with E-state index in [0.29, 0.717) is 19.8 Å². The van der Waals surface area contributed by atoms with Crippen LogP contribution < -0.4 is 0 Å². The Balaban J connectivity index is 2.88. The van der Waals surface area contributed by atoms with Crippen molar-refractivity contribution >= 4 is 5.97 Å². The first-order chi connectivity index (χ1) is 6.77. The number of hydrogen-bond acceptors (Lipinski definition) is 4. The molecule has 0 bridgehead atoms. The van der Waals surface area contributed by atoms with Crippen molar-refractivity contribution in [2.75, 3.05) is 33.0 Å². The van der Waals surface area contributed by atoms with Crippen molar-refractivity contribution in [3.05, 3.63) is 0 Å².